The van der Waals surface area contributed by atoms with Crippen LogP contribution in [0.2, 0.25) is 0 Å². The lowest BCUT2D eigenvalue weighted by atomic mass is 9.81. The van der Waals surface area contributed by atoms with Gasteiger partial charge >= 0.3 is 0 Å². The smallest absolute Gasteiger partial charge is 0.253 e. The molecule has 8 heteroatoms. The summed E-state index contributed by atoms with van der Waals surface area (Å²) in [5, 5.41) is 3.96. The number of likely N-dealkylation sites (tertiary alicyclic amines) is 2. The minimum Gasteiger partial charge on any atom is -0.341 e. The molecule has 2 aromatic carbocycles. The fraction of sp³-hybridized carbons (Fsp3) is 0.333. The maximum absolute atomic E-state index is 13.2. The van der Waals surface area contributed by atoms with Gasteiger partial charge in [0, 0.05) is 37.7 Å². The number of carbonyl (C=O) groups excluding carboxylic acids is 2. The first-order chi connectivity index (χ1) is 15.4. The molecular weight excluding hydrogens is 411 g/mol. The summed E-state index contributed by atoms with van der Waals surface area (Å²) in [5.41, 5.74) is 0.801. The Bertz CT molecular complexity index is 1150. The standard InChI is InChI=1S/C24H23FN4O3/c1-16-26-23(32-27-16)24-14-28(21(30)11-17-7-9-20(25)10-8-17)12-19(24)13-29(15-24)22(31)18-5-3-2-4-6-18/h2-10,19H,11-15H2,1H3/t19-,24-/m0/s1. The molecular formula is C24H23FN4O3. The van der Waals surface area contributed by atoms with Gasteiger partial charge in [-0.1, -0.05) is 35.5 Å². The summed E-state index contributed by atoms with van der Waals surface area (Å²) in [6.45, 7) is 3.58. The number of hydrogen-bond acceptors (Lipinski definition) is 5. The van der Waals surface area contributed by atoms with Crippen LogP contribution in [-0.4, -0.2) is 57.9 Å². The molecule has 2 aliphatic rings. The third kappa shape index (κ3) is 3.55. The van der Waals surface area contributed by atoms with Crippen LogP contribution in [0.4, 0.5) is 4.39 Å². The van der Waals surface area contributed by atoms with Crippen LogP contribution in [0.5, 0.6) is 0 Å². The van der Waals surface area contributed by atoms with Crippen LogP contribution in [0.15, 0.2) is 59.1 Å². The molecule has 2 saturated heterocycles. The zero-order valence-corrected chi connectivity index (χ0v) is 17.7. The average molecular weight is 434 g/mol. The molecule has 2 aliphatic heterocycles. The molecule has 0 N–H and O–H groups in total. The van der Waals surface area contributed by atoms with Crippen molar-refractivity contribution in [3.8, 4) is 0 Å². The Balaban J connectivity index is 1.38. The number of amides is 2. The predicted octanol–water partition coefficient (Wildman–Crippen LogP) is 2.61. The van der Waals surface area contributed by atoms with Crippen molar-refractivity contribution < 1.29 is 18.5 Å². The summed E-state index contributed by atoms with van der Waals surface area (Å²) in [7, 11) is 0. The fourth-order valence-corrected chi connectivity index (χ4v) is 4.86. The molecule has 3 aromatic rings. The number of nitrogens with zero attached hydrogens (tertiary/aromatic N) is 4. The molecule has 0 saturated carbocycles. The zero-order chi connectivity index (χ0) is 22.3. The van der Waals surface area contributed by atoms with E-state index in [2.05, 4.69) is 10.1 Å². The highest BCUT2D eigenvalue weighted by atomic mass is 19.1. The predicted molar refractivity (Wildman–Crippen MR) is 113 cm³/mol. The maximum atomic E-state index is 13.2. The van der Waals surface area contributed by atoms with E-state index in [1.165, 1.54) is 12.1 Å². The van der Waals surface area contributed by atoms with Crippen LogP contribution in [0.25, 0.3) is 0 Å². The number of fused-ring (bicyclic) bond motifs is 1. The molecule has 3 heterocycles. The molecule has 2 amide bonds. The summed E-state index contributed by atoms with van der Waals surface area (Å²) >= 11 is 0. The van der Waals surface area contributed by atoms with E-state index in [1.54, 1.807) is 36.1 Å². The second-order valence-corrected chi connectivity index (χ2v) is 8.63. The Labute approximate surface area is 184 Å². The van der Waals surface area contributed by atoms with Gasteiger partial charge in [0.15, 0.2) is 5.82 Å². The van der Waals surface area contributed by atoms with E-state index in [-0.39, 0.29) is 30.0 Å². The normalized spacial score (nSPS) is 22.2. The minimum atomic E-state index is -0.593. The molecule has 0 aliphatic carbocycles. The Morgan fingerprint density at radius 2 is 1.75 bits per heavy atom. The second kappa shape index (κ2) is 7.85. The number of carbonyl (C=O) groups is 2. The Morgan fingerprint density at radius 1 is 1.06 bits per heavy atom. The minimum absolute atomic E-state index is 0.00724. The highest BCUT2D eigenvalue weighted by molar-refractivity contribution is 5.94. The first-order valence-electron chi connectivity index (χ1n) is 10.6. The molecule has 0 unspecified atom stereocenters. The van der Waals surface area contributed by atoms with E-state index < -0.39 is 5.41 Å². The number of rotatable bonds is 4. The van der Waals surface area contributed by atoms with Gasteiger partial charge in [-0.3, -0.25) is 9.59 Å². The van der Waals surface area contributed by atoms with Crippen LogP contribution in [0, 0.1) is 18.7 Å². The molecule has 0 radical (unpaired) electrons. The largest absolute Gasteiger partial charge is 0.341 e. The number of aromatic nitrogens is 2. The van der Waals surface area contributed by atoms with Gasteiger partial charge in [0.25, 0.3) is 5.91 Å². The van der Waals surface area contributed by atoms with Crippen LogP contribution in [0.3, 0.4) is 0 Å². The zero-order valence-electron chi connectivity index (χ0n) is 17.7. The van der Waals surface area contributed by atoms with E-state index in [1.807, 2.05) is 23.1 Å². The molecule has 1 aromatic heterocycles. The first kappa shape index (κ1) is 20.4. The van der Waals surface area contributed by atoms with Crippen molar-refractivity contribution in [1.82, 2.24) is 19.9 Å². The van der Waals surface area contributed by atoms with Crippen molar-refractivity contribution in [3.63, 3.8) is 0 Å². The lowest BCUT2D eigenvalue weighted by Gasteiger charge is -2.26. The Morgan fingerprint density at radius 3 is 2.44 bits per heavy atom. The van der Waals surface area contributed by atoms with Crippen LogP contribution >= 0.6 is 0 Å². The summed E-state index contributed by atoms with van der Waals surface area (Å²) in [6, 6.07) is 15.1. The van der Waals surface area contributed by atoms with Crippen molar-refractivity contribution in [3.05, 3.63) is 83.3 Å². The van der Waals surface area contributed by atoms with Crippen molar-refractivity contribution in [2.24, 2.45) is 5.92 Å². The van der Waals surface area contributed by atoms with Crippen LogP contribution in [0.1, 0.15) is 27.6 Å². The van der Waals surface area contributed by atoms with Crippen LogP contribution < -0.4 is 0 Å². The highest BCUT2D eigenvalue weighted by Gasteiger charge is 2.58. The van der Waals surface area contributed by atoms with Crippen molar-refractivity contribution in [1.29, 1.82) is 0 Å². The van der Waals surface area contributed by atoms with Crippen molar-refractivity contribution in [2.75, 3.05) is 26.2 Å². The fourth-order valence-electron chi connectivity index (χ4n) is 4.86. The van der Waals surface area contributed by atoms with Crippen molar-refractivity contribution in [2.45, 2.75) is 18.8 Å². The lowest BCUT2D eigenvalue weighted by molar-refractivity contribution is -0.129. The number of benzene rings is 2. The number of hydrogen-bond donors (Lipinski definition) is 0. The lowest BCUT2D eigenvalue weighted by Crippen LogP contribution is -2.41. The third-order valence-corrected chi connectivity index (χ3v) is 6.49. The van der Waals surface area contributed by atoms with E-state index in [0.29, 0.717) is 43.5 Å². The summed E-state index contributed by atoms with van der Waals surface area (Å²) in [6.07, 6.45) is 0.193. The molecule has 5 rings (SSSR count). The molecule has 2 atom stereocenters. The third-order valence-electron chi connectivity index (χ3n) is 6.49. The van der Waals surface area contributed by atoms with Gasteiger partial charge in [-0.15, -0.1) is 0 Å². The van der Waals surface area contributed by atoms with Gasteiger partial charge in [0.05, 0.1) is 11.8 Å². The molecule has 7 nitrogen and oxygen atoms in total. The summed E-state index contributed by atoms with van der Waals surface area (Å²) in [4.78, 5) is 34.2. The molecule has 0 bridgehead atoms. The van der Waals surface area contributed by atoms with E-state index in [4.69, 9.17) is 4.52 Å². The first-order valence-corrected chi connectivity index (χ1v) is 10.6. The summed E-state index contributed by atoms with van der Waals surface area (Å²) in [5.74, 6) is 0.581. The van der Waals surface area contributed by atoms with Gasteiger partial charge < -0.3 is 14.3 Å². The van der Waals surface area contributed by atoms with Gasteiger partial charge in [0.2, 0.25) is 11.8 Å². The number of halogens is 1. The van der Waals surface area contributed by atoms with Gasteiger partial charge in [0.1, 0.15) is 5.82 Å². The molecule has 2 fully saturated rings. The van der Waals surface area contributed by atoms with Gasteiger partial charge in [-0.2, -0.15) is 4.98 Å². The summed E-state index contributed by atoms with van der Waals surface area (Å²) < 4.78 is 18.8. The quantitative estimate of drug-likeness (QED) is 0.631. The topological polar surface area (TPSA) is 79.5 Å². The van der Waals surface area contributed by atoms with Gasteiger partial charge in [-0.25, -0.2) is 4.39 Å². The monoisotopic (exact) mass is 434 g/mol. The second-order valence-electron chi connectivity index (χ2n) is 8.63. The molecule has 164 valence electrons. The van der Waals surface area contributed by atoms with E-state index >= 15 is 0 Å². The Kier molecular flexibility index (Phi) is 5.00. The highest BCUT2D eigenvalue weighted by Crippen LogP contribution is 2.44. The molecule has 32 heavy (non-hydrogen) atoms. The maximum Gasteiger partial charge on any atom is 0.253 e. The van der Waals surface area contributed by atoms with E-state index in [9.17, 15) is 14.0 Å². The Hall–Kier alpha value is -3.55. The van der Waals surface area contributed by atoms with Crippen LogP contribution in [-0.2, 0) is 16.6 Å². The van der Waals surface area contributed by atoms with Gasteiger partial charge in [-0.05, 0) is 36.8 Å². The van der Waals surface area contributed by atoms with E-state index in [0.717, 1.165) is 5.56 Å². The average Bonchev–Trinajstić information content (AvgIpc) is 3.48. The van der Waals surface area contributed by atoms with Crippen molar-refractivity contribution >= 4 is 11.8 Å². The SMILES string of the molecule is Cc1noc([C@]23CN(C(=O)Cc4ccc(F)cc4)C[C@H]2CN(C(=O)c2ccccc2)C3)n1. The molecule has 0 spiro atoms. The number of aryl methyl sites for hydroxylation is 1.